The Morgan fingerprint density at radius 1 is 1.07 bits per heavy atom. The summed E-state index contributed by atoms with van der Waals surface area (Å²) in [4.78, 5) is 35.4. The molecule has 140 valence electrons. The molecule has 0 bridgehead atoms. The van der Waals surface area contributed by atoms with E-state index in [1.807, 2.05) is 25.1 Å². The topological polar surface area (TPSA) is 95.5 Å². The molecular weight excluding hydrogens is 344 g/mol. The van der Waals surface area contributed by atoms with Crippen molar-refractivity contribution in [3.63, 3.8) is 0 Å². The number of fused-ring (bicyclic) bond motifs is 1. The van der Waals surface area contributed by atoms with Gasteiger partial charge in [0.2, 0.25) is 5.91 Å². The summed E-state index contributed by atoms with van der Waals surface area (Å²) in [5.74, 6) is -1.64. The quantitative estimate of drug-likeness (QED) is 0.758. The zero-order chi connectivity index (χ0) is 19.4. The molecular formula is C21H22N2O4. The van der Waals surface area contributed by atoms with Gasteiger partial charge in [-0.2, -0.15) is 0 Å². The van der Waals surface area contributed by atoms with E-state index in [1.54, 1.807) is 24.3 Å². The molecule has 6 heteroatoms. The van der Waals surface area contributed by atoms with Crippen LogP contribution in [0.1, 0.15) is 41.3 Å². The van der Waals surface area contributed by atoms with E-state index in [2.05, 4.69) is 16.7 Å². The molecule has 2 aromatic rings. The standard InChI is InChI=1S/C21H22N2O4/c1-21(12-4-6-14-5-2-3-7-17(14)21)20(27)23-16-10-8-15(9-11-16)19(26)22-13-18(24)25/h2-3,5,7-11H,4,6,12-13H2,1H3,(H,22,26)(H,23,27)(H,24,25). The maximum atomic E-state index is 13.0. The molecule has 2 amide bonds. The normalized spacial score (nSPS) is 18.3. The Morgan fingerprint density at radius 2 is 1.78 bits per heavy atom. The fourth-order valence-electron chi connectivity index (χ4n) is 3.51. The Kier molecular flexibility index (Phi) is 5.26. The van der Waals surface area contributed by atoms with Gasteiger partial charge < -0.3 is 15.7 Å². The predicted octanol–water partition coefficient (Wildman–Crippen LogP) is 2.73. The Bertz CT molecular complexity index is 876. The number of hydrogen-bond donors (Lipinski definition) is 3. The molecule has 3 rings (SSSR count). The summed E-state index contributed by atoms with van der Waals surface area (Å²) in [5, 5.41) is 13.9. The second-order valence-corrected chi connectivity index (χ2v) is 6.95. The Hall–Kier alpha value is -3.15. The van der Waals surface area contributed by atoms with Crippen molar-refractivity contribution >= 4 is 23.5 Å². The Labute approximate surface area is 157 Å². The number of carbonyl (C=O) groups is 3. The number of carbonyl (C=O) groups excluding carboxylic acids is 2. The molecule has 1 atom stereocenters. The molecule has 0 saturated carbocycles. The average molecular weight is 366 g/mol. The van der Waals surface area contributed by atoms with E-state index in [1.165, 1.54) is 5.56 Å². The number of hydrogen-bond acceptors (Lipinski definition) is 3. The zero-order valence-corrected chi connectivity index (χ0v) is 15.1. The van der Waals surface area contributed by atoms with Crippen LogP contribution in [0.15, 0.2) is 48.5 Å². The summed E-state index contributed by atoms with van der Waals surface area (Å²) >= 11 is 0. The van der Waals surface area contributed by atoms with Gasteiger partial charge in [0.25, 0.3) is 5.91 Å². The molecule has 0 aliphatic heterocycles. The molecule has 27 heavy (non-hydrogen) atoms. The van der Waals surface area contributed by atoms with Gasteiger partial charge in [0, 0.05) is 11.3 Å². The third kappa shape index (κ3) is 4.00. The van der Waals surface area contributed by atoms with Crippen molar-refractivity contribution in [2.75, 3.05) is 11.9 Å². The number of nitrogens with one attached hydrogen (secondary N) is 2. The van der Waals surface area contributed by atoms with E-state index < -0.39 is 23.8 Å². The first kappa shape index (κ1) is 18.6. The number of anilines is 1. The summed E-state index contributed by atoms with van der Waals surface area (Å²) in [6, 6.07) is 14.5. The van der Waals surface area contributed by atoms with Crippen molar-refractivity contribution in [1.29, 1.82) is 0 Å². The second kappa shape index (κ2) is 7.61. The minimum Gasteiger partial charge on any atom is -0.480 e. The molecule has 1 aliphatic rings. The van der Waals surface area contributed by atoms with Crippen molar-refractivity contribution in [1.82, 2.24) is 5.32 Å². The third-order valence-electron chi connectivity index (χ3n) is 5.04. The number of aliphatic carboxylic acids is 1. The molecule has 0 radical (unpaired) electrons. The monoisotopic (exact) mass is 366 g/mol. The molecule has 6 nitrogen and oxygen atoms in total. The second-order valence-electron chi connectivity index (χ2n) is 6.95. The largest absolute Gasteiger partial charge is 0.480 e. The van der Waals surface area contributed by atoms with Crippen LogP contribution >= 0.6 is 0 Å². The highest BCUT2D eigenvalue weighted by Gasteiger charge is 2.38. The summed E-state index contributed by atoms with van der Waals surface area (Å²) < 4.78 is 0. The molecule has 3 N–H and O–H groups in total. The number of amides is 2. The first-order valence-corrected chi connectivity index (χ1v) is 8.90. The van der Waals surface area contributed by atoms with Gasteiger partial charge in [-0.3, -0.25) is 14.4 Å². The Morgan fingerprint density at radius 3 is 2.48 bits per heavy atom. The molecule has 0 spiro atoms. The molecule has 0 fully saturated rings. The van der Waals surface area contributed by atoms with Crippen LogP contribution in [-0.2, 0) is 21.4 Å². The lowest BCUT2D eigenvalue weighted by Gasteiger charge is -2.34. The predicted molar refractivity (Wildman–Crippen MR) is 102 cm³/mol. The SMILES string of the molecule is CC1(C(=O)Nc2ccc(C(=O)NCC(=O)O)cc2)CCCc2ccccc21. The molecule has 0 aromatic heterocycles. The number of benzene rings is 2. The van der Waals surface area contributed by atoms with Crippen LogP contribution in [0.25, 0.3) is 0 Å². The lowest BCUT2D eigenvalue weighted by atomic mass is 9.70. The zero-order valence-electron chi connectivity index (χ0n) is 15.1. The fourth-order valence-corrected chi connectivity index (χ4v) is 3.51. The van der Waals surface area contributed by atoms with Crippen LogP contribution < -0.4 is 10.6 Å². The minimum absolute atomic E-state index is 0.0715. The van der Waals surface area contributed by atoms with Gasteiger partial charge in [-0.05, 0) is 61.6 Å². The first-order valence-electron chi connectivity index (χ1n) is 8.90. The van der Waals surface area contributed by atoms with Crippen LogP contribution in [0.5, 0.6) is 0 Å². The van der Waals surface area contributed by atoms with Gasteiger partial charge in [0.1, 0.15) is 6.54 Å². The van der Waals surface area contributed by atoms with E-state index in [-0.39, 0.29) is 5.91 Å². The lowest BCUT2D eigenvalue weighted by molar-refractivity contribution is -0.135. The fraction of sp³-hybridized carbons (Fsp3) is 0.286. The maximum Gasteiger partial charge on any atom is 0.322 e. The molecule has 1 aliphatic carbocycles. The van der Waals surface area contributed by atoms with Crippen LogP contribution in [0.4, 0.5) is 5.69 Å². The van der Waals surface area contributed by atoms with Crippen molar-refractivity contribution in [2.45, 2.75) is 31.6 Å². The summed E-state index contributed by atoms with van der Waals surface area (Å²) in [5.41, 5.74) is 2.62. The summed E-state index contributed by atoms with van der Waals surface area (Å²) in [7, 11) is 0. The highest BCUT2D eigenvalue weighted by Crippen LogP contribution is 2.38. The van der Waals surface area contributed by atoms with Crippen LogP contribution in [-0.4, -0.2) is 29.4 Å². The van der Waals surface area contributed by atoms with Gasteiger partial charge in [-0.25, -0.2) is 0 Å². The number of rotatable bonds is 5. The summed E-state index contributed by atoms with van der Waals surface area (Å²) in [6.45, 7) is 1.53. The van der Waals surface area contributed by atoms with E-state index in [0.717, 1.165) is 24.8 Å². The number of carboxylic acids is 1. The van der Waals surface area contributed by atoms with E-state index in [9.17, 15) is 14.4 Å². The highest BCUT2D eigenvalue weighted by atomic mass is 16.4. The van der Waals surface area contributed by atoms with E-state index >= 15 is 0 Å². The van der Waals surface area contributed by atoms with Crippen molar-refractivity contribution in [2.24, 2.45) is 0 Å². The van der Waals surface area contributed by atoms with Gasteiger partial charge >= 0.3 is 5.97 Å². The van der Waals surface area contributed by atoms with Crippen LogP contribution in [0.2, 0.25) is 0 Å². The van der Waals surface area contributed by atoms with Gasteiger partial charge in [-0.15, -0.1) is 0 Å². The van der Waals surface area contributed by atoms with Gasteiger partial charge in [0.15, 0.2) is 0 Å². The van der Waals surface area contributed by atoms with Crippen molar-refractivity contribution < 1.29 is 19.5 Å². The molecule has 2 aromatic carbocycles. The molecule has 1 unspecified atom stereocenters. The summed E-state index contributed by atoms with van der Waals surface area (Å²) in [6.07, 6.45) is 2.73. The number of aryl methyl sites for hydroxylation is 1. The van der Waals surface area contributed by atoms with E-state index in [4.69, 9.17) is 5.11 Å². The van der Waals surface area contributed by atoms with Crippen LogP contribution in [0.3, 0.4) is 0 Å². The maximum absolute atomic E-state index is 13.0. The smallest absolute Gasteiger partial charge is 0.322 e. The highest BCUT2D eigenvalue weighted by molar-refractivity contribution is 6.00. The number of carboxylic acid groups (broad SMARTS) is 1. The van der Waals surface area contributed by atoms with Gasteiger partial charge in [-0.1, -0.05) is 24.3 Å². The lowest BCUT2D eigenvalue weighted by Crippen LogP contribution is -2.40. The average Bonchev–Trinajstić information content (AvgIpc) is 2.67. The third-order valence-corrected chi connectivity index (χ3v) is 5.04. The van der Waals surface area contributed by atoms with Crippen molar-refractivity contribution in [3.8, 4) is 0 Å². The van der Waals surface area contributed by atoms with Crippen LogP contribution in [0, 0.1) is 0 Å². The minimum atomic E-state index is -1.10. The molecule has 0 saturated heterocycles. The first-order chi connectivity index (χ1) is 12.9. The van der Waals surface area contributed by atoms with Crippen molar-refractivity contribution in [3.05, 3.63) is 65.2 Å². The van der Waals surface area contributed by atoms with Gasteiger partial charge in [0.05, 0.1) is 5.41 Å². The Balaban J connectivity index is 1.72. The molecule has 0 heterocycles. The van der Waals surface area contributed by atoms with E-state index in [0.29, 0.717) is 11.3 Å².